The van der Waals surface area contributed by atoms with Gasteiger partial charge in [-0.2, -0.15) is 0 Å². The summed E-state index contributed by atoms with van der Waals surface area (Å²) in [7, 11) is 2.18. The minimum absolute atomic E-state index is 0.561. The Kier molecular flexibility index (Phi) is 5.57. The van der Waals surface area contributed by atoms with Crippen LogP contribution in [0.2, 0.25) is 0 Å². The monoisotopic (exact) mass is 265 g/mol. The third-order valence-corrected chi connectivity index (χ3v) is 3.48. The average molecular weight is 265 g/mol. The Morgan fingerprint density at radius 1 is 0.950 bits per heavy atom. The van der Waals surface area contributed by atoms with Crippen molar-refractivity contribution >= 4 is 6.08 Å². The summed E-state index contributed by atoms with van der Waals surface area (Å²) in [5.74, 6) is 0.561. The van der Waals surface area contributed by atoms with Crippen LogP contribution in [0.25, 0.3) is 6.08 Å². The first-order valence-corrected chi connectivity index (χ1v) is 7.21. The van der Waals surface area contributed by atoms with Crippen molar-refractivity contribution in [1.82, 2.24) is 4.90 Å². The number of benzene rings is 2. The van der Waals surface area contributed by atoms with Gasteiger partial charge < -0.3 is 4.90 Å². The first-order valence-electron chi connectivity index (χ1n) is 7.21. The van der Waals surface area contributed by atoms with Gasteiger partial charge in [0.2, 0.25) is 0 Å². The Bertz CT molecular complexity index is 516. The van der Waals surface area contributed by atoms with E-state index in [2.05, 4.69) is 85.6 Å². The molecule has 0 aliphatic rings. The lowest BCUT2D eigenvalue weighted by Crippen LogP contribution is -2.23. The van der Waals surface area contributed by atoms with Crippen LogP contribution < -0.4 is 0 Å². The van der Waals surface area contributed by atoms with E-state index in [1.807, 2.05) is 6.07 Å². The molecule has 2 aromatic rings. The molecule has 0 amide bonds. The summed E-state index contributed by atoms with van der Waals surface area (Å²) in [6, 6.07) is 21.2. The van der Waals surface area contributed by atoms with Crippen molar-refractivity contribution in [3.05, 3.63) is 77.9 Å². The molecule has 1 nitrogen and oxygen atoms in total. The summed E-state index contributed by atoms with van der Waals surface area (Å²) in [5, 5.41) is 0. The molecule has 0 radical (unpaired) electrons. The van der Waals surface area contributed by atoms with E-state index in [1.54, 1.807) is 0 Å². The molecule has 0 aromatic heterocycles. The highest BCUT2D eigenvalue weighted by Crippen LogP contribution is 2.15. The third-order valence-electron chi connectivity index (χ3n) is 3.48. The fraction of sp³-hybridized carbons (Fsp3) is 0.263. The number of likely N-dealkylation sites (N-methyl/N-ethyl adjacent to an activating group) is 1. The quantitative estimate of drug-likeness (QED) is 0.746. The van der Waals surface area contributed by atoms with Crippen LogP contribution in [0.1, 0.15) is 24.0 Å². The molecule has 1 unspecified atom stereocenters. The van der Waals surface area contributed by atoms with E-state index in [-0.39, 0.29) is 0 Å². The van der Waals surface area contributed by atoms with Gasteiger partial charge in [0.15, 0.2) is 0 Å². The van der Waals surface area contributed by atoms with Gasteiger partial charge in [-0.25, -0.2) is 0 Å². The second kappa shape index (κ2) is 7.66. The van der Waals surface area contributed by atoms with Crippen molar-refractivity contribution in [2.75, 3.05) is 20.1 Å². The number of hydrogen-bond donors (Lipinski definition) is 0. The van der Waals surface area contributed by atoms with Gasteiger partial charge in [-0.05, 0) is 24.1 Å². The average Bonchev–Trinajstić information content (AvgIpc) is 2.49. The molecular formula is C19H23N. The summed E-state index contributed by atoms with van der Waals surface area (Å²) >= 11 is 0. The minimum atomic E-state index is 0.561. The van der Waals surface area contributed by atoms with Crippen LogP contribution >= 0.6 is 0 Å². The van der Waals surface area contributed by atoms with Crippen molar-refractivity contribution < 1.29 is 0 Å². The highest BCUT2D eigenvalue weighted by Gasteiger charge is 2.07. The largest absolute Gasteiger partial charge is 0.302 e. The molecule has 2 rings (SSSR count). The summed E-state index contributed by atoms with van der Waals surface area (Å²) in [6.07, 6.45) is 4.41. The first-order chi connectivity index (χ1) is 9.75. The molecule has 1 atom stereocenters. The van der Waals surface area contributed by atoms with Crippen molar-refractivity contribution in [3.63, 3.8) is 0 Å². The fourth-order valence-corrected chi connectivity index (χ4v) is 2.36. The fourth-order valence-electron chi connectivity index (χ4n) is 2.36. The van der Waals surface area contributed by atoms with E-state index in [4.69, 9.17) is 0 Å². The van der Waals surface area contributed by atoms with Crippen molar-refractivity contribution in [3.8, 4) is 0 Å². The first kappa shape index (κ1) is 14.5. The Morgan fingerprint density at radius 2 is 1.55 bits per heavy atom. The van der Waals surface area contributed by atoms with Crippen molar-refractivity contribution in [2.24, 2.45) is 0 Å². The normalized spacial score (nSPS) is 12.9. The second-order valence-corrected chi connectivity index (χ2v) is 5.35. The van der Waals surface area contributed by atoms with E-state index < -0.39 is 0 Å². The Balaban J connectivity index is 1.81. The highest BCUT2D eigenvalue weighted by atomic mass is 15.1. The summed E-state index contributed by atoms with van der Waals surface area (Å²) in [5.41, 5.74) is 2.67. The summed E-state index contributed by atoms with van der Waals surface area (Å²) in [6.45, 7) is 4.34. The van der Waals surface area contributed by atoms with Gasteiger partial charge in [-0.1, -0.05) is 79.7 Å². The molecule has 0 aliphatic heterocycles. The molecule has 0 aliphatic carbocycles. The standard InChI is InChI=1S/C19H23N/c1-17(19-13-7-4-8-14-19)16-20(2)15-9-12-18-10-5-3-6-11-18/h3-14,17H,15-16H2,1-2H3/b12-9-. The van der Waals surface area contributed by atoms with Crippen LogP contribution in [0.15, 0.2) is 66.7 Å². The Morgan fingerprint density at radius 3 is 2.20 bits per heavy atom. The lowest BCUT2D eigenvalue weighted by molar-refractivity contribution is 0.349. The lowest BCUT2D eigenvalue weighted by atomic mass is 10.0. The molecule has 0 saturated carbocycles. The molecular weight excluding hydrogens is 242 g/mol. The highest BCUT2D eigenvalue weighted by molar-refractivity contribution is 5.48. The summed E-state index contributed by atoms with van der Waals surface area (Å²) in [4.78, 5) is 2.36. The number of rotatable bonds is 6. The Labute approximate surface area is 122 Å². The predicted octanol–water partition coefficient (Wildman–Crippen LogP) is 4.44. The van der Waals surface area contributed by atoms with E-state index in [1.165, 1.54) is 11.1 Å². The van der Waals surface area contributed by atoms with Gasteiger partial charge >= 0.3 is 0 Å². The molecule has 1 heteroatoms. The maximum absolute atomic E-state index is 2.36. The predicted molar refractivity (Wildman–Crippen MR) is 87.8 cm³/mol. The van der Waals surface area contributed by atoms with Gasteiger partial charge in [-0.15, -0.1) is 0 Å². The van der Waals surface area contributed by atoms with Crippen LogP contribution in [-0.4, -0.2) is 25.0 Å². The number of hydrogen-bond acceptors (Lipinski definition) is 1. The van der Waals surface area contributed by atoms with Gasteiger partial charge in [0.25, 0.3) is 0 Å². The van der Waals surface area contributed by atoms with E-state index >= 15 is 0 Å². The van der Waals surface area contributed by atoms with Crippen molar-refractivity contribution in [2.45, 2.75) is 12.8 Å². The third kappa shape index (κ3) is 4.67. The van der Waals surface area contributed by atoms with E-state index in [9.17, 15) is 0 Å². The van der Waals surface area contributed by atoms with Gasteiger partial charge in [0, 0.05) is 13.1 Å². The zero-order valence-electron chi connectivity index (χ0n) is 12.4. The van der Waals surface area contributed by atoms with Gasteiger partial charge in [0.05, 0.1) is 0 Å². The molecule has 0 saturated heterocycles. The molecule has 0 fully saturated rings. The van der Waals surface area contributed by atoms with Crippen LogP contribution in [0, 0.1) is 0 Å². The van der Waals surface area contributed by atoms with Gasteiger partial charge in [0.1, 0.15) is 0 Å². The lowest BCUT2D eigenvalue weighted by Gasteiger charge is -2.20. The van der Waals surface area contributed by atoms with E-state index in [0.717, 1.165) is 13.1 Å². The number of nitrogens with zero attached hydrogens (tertiary/aromatic N) is 1. The van der Waals surface area contributed by atoms with Gasteiger partial charge in [-0.3, -0.25) is 0 Å². The molecule has 0 bridgehead atoms. The van der Waals surface area contributed by atoms with Crippen LogP contribution in [0.4, 0.5) is 0 Å². The zero-order valence-corrected chi connectivity index (χ0v) is 12.4. The maximum Gasteiger partial charge on any atom is 0.0163 e. The molecule has 0 spiro atoms. The topological polar surface area (TPSA) is 3.24 Å². The van der Waals surface area contributed by atoms with E-state index in [0.29, 0.717) is 5.92 Å². The van der Waals surface area contributed by atoms with Crippen molar-refractivity contribution in [1.29, 1.82) is 0 Å². The molecule has 0 N–H and O–H groups in total. The summed E-state index contributed by atoms with van der Waals surface area (Å²) < 4.78 is 0. The van der Waals surface area contributed by atoms with Crippen LogP contribution in [0.3, 0.4) is 0 Å². The smallest absolute Gasteiger partial charge is 0.0163 e. The second-order valence-electron chi connectivity index (χ2n) is 5.35. The van der Waals surface area contributed by atoms with Crippen LogP contribution in [0.5, 0.6) is 0 Å². The van der Waals surface area contributed by atoms with Crippen LogP contribution in [-0.2, 0) is 0 Å². The molecule has 2 aromatic carbocycles. The molecule has 20 heavy (non-hydrogen) atoms. The molecule has 104 valence electrons. The SMILES string of the molecule is CC(CN(C)C/C=C\c1ccccc1)c1ccccc1. The zero-order chi connectivity index (χ0) is 14.2. The molecule has 0 heterocycles. The Hall–Kier alpha value is -1.86. The minimum Gasteiger partial charge on any atom is -0.302 e. The maximum atomic E-state index is 2.36.